The van der Waals surface area contributed by atoms with Crippen LogP contribution in [0.1, 0.15) is 32.4 Å². The van der Waals surface area contributed by atoms with Gasteiger partial charge in [-0.2, -0.15) is 0 Å². The van der Waals surface area contributed by atoms with E-state index in [2.05, 4.69) is 56.0 Å². The maximum atomic E-state index is 2.45. The van der Waals surface area contributed by atoms with Gasteiger partial charge in [-0.05, 0) is 26.3 Å². The third kappa shape index (κ3) is 1.67. The highest BCUT2D eigenvalue weighted by molar-refractivity contribution is 5.29. The van der Waals surface area contributed by atoms with Crippen molar-refractivity contribution in [2.45, 2.75) is 26.8 Å². The standard InChI is InChI=1S/C13H17N/c1-10(2)13-9-14(13)11(3)12-7-5-4-6-8-12/h4-8,11H,9H2,1-3H3. The summed E-state index contributed by atoms with van der Waals surface area (Å²) >= 11 is 0. The van der Waals surface area contributed by atoms with E-state index in [1.807, 2.05) is 0 Å². The lowest BCUT2D eigenvalue weighted by Gasteiger charge is -2.13. The van der Waals surface area contributed by atoms with Crippen molar-refractivity contribution in [3.63, 3.8) is 0 Å². The Balaban J connectivity index is 2.13. The molecule has 74 valence electrons. The first-order valence-electron chi connectivity index (χ1n) is 5.18. The Morgan fingerprint density at radius 1 is 1.21 bits per heavy atom. The quantitative estimate of drug-likeness (QED) is 0.642. The molecule has 0 radical (unpaired) electrons. The molecule has 0 spiro atoms. The van der Waals surface area contributed by atoms with Crippen molar-refractivity contribution in [3.05, 3.63) is 47.2 Å². The van der Waals surface area contributed by atoms with Crippen LogP contribution in [0.3, 0.4) is 0 Å². The van der Waals surface area contributed by atoms with E-state index in [4.69, 9.17) is 0 Å². The SMILES string of the molecule is CC(C)=C1CN1C(C)c1ccccc1. The molecule has 1 saturated heterocycles. The van der Waals surface area contributed by atoms with Crippen LogP contribution in [0.2, 0.25) is 0 Å². The Morgan fingerprint density at radius 2 is 1.86 bits per heavy atom. The zero-order valence-corrected chi connectivity index (χ0v) is 9.12. The number of allylic oxidation sites excluding steroid dienone is 1. The Kier molecular flexibility index (Phi) is 2.32. The van der Waals surface area contributed by atoms with Crippen LogP contribution in [0, 0.1) is 0 Å². The number of rotatable bonds is 2. The number of benzene rings is 1. The van der Waals surface area contributed by atoms with E-state index in [0.717, 1.165) is 6.54 Å². The van der Waals surface area contributed by atoms with E-state index in [-0.39, 0.29) is 0 Å². The van der Waals surface area contributed by atoms with Gasteiger partial charge in [-0.25, -0.2) is 0 Å². The zero-order valence-electron chi connectivity index (χ0n) is 9.12. The smallest absolute Gasteiger partial charge is 0.0582 e. The molecule has 0 aliphatic carbocycles. The third-order valence-electron chi connectivity index (χ3n) is 2.89. The predicted molar refractivity (Wildman–Crippen MR) is 59.9 cm³/mol. The first-order valence-corrected chi connectivity index (χ1v) is 5.18. The van der Waals surface area contributed by atoms with Crippen molar-refractivity contribution in [1.29, 1.82) is 0 Å². The van der Waals surface area contributed by atoms with Crippen molar-refractivity contribution >= 4 is 0 Å². The minimum absolute atomic E-state index is 0.529. The maximum Gasteiger partial charge on any atom is 0.0582 e. The molecule has 1 aromatic carbocycles. The molecule has 1 unspecified atom stereocenters. The molecule has 0 bridgehead atoms. The summed E-state index contributed by atoms with van der Waals surface area (Å²) in [5.41, 5.74) is 4.37. The molecule has 1 aliphatic heterocycles. The summed E-state index contributed by atoms with van der Waals surface area (Å²) in [6.45, 7) is 7.80. The molecule has 1 nitrogen and oxygen atoms in total. The Bertz CT molecular complexity index is 347. The van der Waals surface area contributed by atoms with Crippen LogP contribution in [0.15, 0.2) is 41.6 Å². The second-order valence-electron chi connectivity index (χ2n) is 4.16. The van der Waals surface area contributed by atoms with Gasteiger partial charge in [0.25, 0.3) is 0 Å². The van der Waals surface area contributed by atoms with E-state index in [1.54, 1.807) is 0 Å². The van der Waals surface area contributed by atoms with Crippen molar-refractivity contribution in [3.8, 4) is 0 Å². The normalized spacial score (nSPS) is 16.8. The second kappa shape index (κ2) is 3.49. The molecule has 1 heteroatoms. The van der Waals surface area contributed by atoms with Crippen molar-refractivity contribution in [1.82, 2.24) is 4.90 Å². The van der Waals surface area contributed by atoms with Gasteiger partial charge < -0.3 is 4.90 Å². The largest absolute Gasteiger partial charge is 0.361 e. The van der Waals surface area contributed by atoms with Gasteiger partial charge in [0.15, 0.2) is 0 Å². The minimum Gasteiger partial charge on any atom is -0.361 e. The molecule has 1 aliphatic rings. The summed E-state index contributed by atoms with van der Waals surface area (Å²) in [7, 11) is 0. The van der Waals surface area contributed by atoms with Gasteiger partial charge in [0, 0.05) is 5.70 Å². The molecule has 1 atom stereocenters. The zero-order chi connectivity index (χ0) is 10.1. The number of hydrogen-bond donors (Lipinski definition) is 0. The molecule has 1 fully saturated rings. The molecular formula is C13H17N. The van der Waals surface area contributed by atoms with E-state index in [9.17, 15) is 0 Å². The first kappa shape index (κ1) is 9.32. The fraction of sp³-hybridized carbons (Fsp3) is 0.385. The average Bonchev–Trinajstić information content (AvgIpc) is 2.97. The van der Waals surface area contributed by atoms with Crippen molar-refractivity contribution in [2.75, 3.05) is 6.54 Å². The Morgan fingerprint density at radius 3 is 2.36 bits per heavy atom. The summed E-state index contributed by atoms with van der Waals surface area (Å²) in [5.74, 6) is 0. The molecule has 14 heavy (non-hydrogen) atoms. The summed E-state index contributed by atoms with van der Waals surface area (Å²) in [5, 5.41) is 0. The maximum absolute atomic E-state index is 2.45. The number of hydrogen-bond acceptors (Lipinski definition) is 1. The molecule has 0 aromatic heterocycles. The van der Waals surface area contributed by atoms with Gasteiger partial charge in [0.2, 0.25) is 0 Å². The lowest BCUT2D eigenvalue weighted by atomic mass is 10.1. The predicted octanol–water partition coefficient (Wildman–Crippen LogP) is 3.36. The summed E-state index contributed by atoms with van der Waals surface area (Å²) < 4.78 is 0. The molecule has 1 heterocycles. The molecular weight excluding hydrogens is 170 g/mol. The molecule has 2 rings (SSSR count). The van der Waals surface area contributed by atoms with E-state index in [1.165, 1.54) is 16.8 Å². The number of nitrogens with zero attached hydrogens (tertiary/aromatic N) is 1. The monoisotopic (exact) mass is 187 g/mol. The van der Waals surface area contributed by atoms with Gasteiger partial charge in [-0.3, -0.25) is 0 Å². The topological polar surface area (TPSA) is 3.01 Å². The van der Waals surface area contributed by atoms with Gasteiger partial charge in [0.05, 0.1) is 12.6 Å². The highest BCUT2D eigenvalue weighted by Gasteiger charge is 2.31. The van der Waals surface area contributed by atoms with Crippen LogP contribution >= 0.6 is 0 Å². The van der Waals surface area contributed by atoms with Gasteiger partial charge >= 0.3 is 0 Å². The van der Waals surface area contributed by atoms with E-state index < -0.39 is 0 Å². The summed E-state index contributed by atoms with van der Waals surface area (Å²) in [6, 6.07) is 11.2. The van der Waals surface area contributed by atoms with Crippen LogP contribution in [0.5, 0.6) is 0 Å². The van der Waals surface area contributed by atoms with Gasteiger partial charge in [-0.1, -0.05) is 35.9 Å². The van der Waals surface area contributed by atoms with Crippen LogP contribution < -0.4 is 0 Å². The van der Waals surface area contributed by atoms with Crippen LogP contribution in [-0.2, 0) is 0 Å². The lowest BCUT2D eigenvalue weighted by Crippen LogP contribution is -2.04. The summed E-state index contributed by atoms with van der Waals surface area (Å²) in [4.78, 5) is 2.45. The highest BCUT2D eigenvalue weighted by Crippen LogP contribution is 2.36. The van der Waals surface area contributed by atoms with E-state index in [0.29, 0.717) is 6.04 Å². The van der Waals surface area contributed by atoms with Crippen LogP contribution in [0.25, 0.3) is 0 Å². The molecule has 0 N–H and O–H groups in total. The van der Waals surface area contributed by atoms with Crippen LogP contribution in [0.4, 0.5) is 0 Å². The average molecular weight is 187 g/mol. The van der Waals surface area contributed by atoms with Gasteiger partial charge in [-0.15, -0.1) is 0 Å². The van der Waals surface area contributed by atoms with Gasteiger partial charge in [0.1, 0.15) is 0 Å². The molecule has 0 saturated carbocycles. The fourth-order valence-electron chi connectivity index (χ4n) is 1.85. The first-order chi connectivity index (χ1) is 6.70. The van der Waals surface area contributed by atoms with Crippen molar-refractivity contribution in [2.24, 2.45) is 0 Å². The second-order valence-corrected chi connectivity index (χ2v) is 4.16. The highest BCUT2D eigenvalue weighted by atomic mass is 15.3. The van der Waals surface area contributed by atoms with Crippen LogP contribution in [-0.4, -0.2) is 11.4 Å². The summed E-state index contributed by atoms with van der Waals surface area (Å²) in [6.07, 6.45) is 0. The third-order valence-corrected chi connectivity index (χ3v) is 2.89. The lowest BCUT2D eigenvalue weighted by molar-refractivity contribution is 0.462. The minimum atomic E-state index is 0.529. The molecule has 1 aromatic rings. The fourth-order valence-corrected chi connectivity index (χ4v) is 1.85. The van der Waals surface area contributed by atoms with E-state index >= 15 is 0 Å². The molecule has 0 amide bonds. The Labute approximate surface area is 86.1 Å². The Hall–Kier alpha value is -1.24. The van der Waals surface area contributed by atoms with Crippen molar-refractivity contribution < 1.29 is 0 Å².